The van der Waals surface area contributed by atoms with E-state index >= 15 is 0 Å². The highest BCUT2D eigenvalue weighted by Gasteiger charge is 2.19. The topological polar surface area (TPSA) is 71.3 Å². The molecule has 0 unspecified atom stereocenters. The fourth-order valence-corrected chi connectivity index (χ4v) is 3.97. The van der Waals surface area contributed by atoms with Crippen molar-refractivity contribution in [2.75, 3.05) is 5.32 Å². The second kappa shape index (κ2) is 9.01. The predicted octanol–water partition coefficient (Wildman–Crippen LogP) is 6.09. The second-order valence-corrected chi connectivity index (χ2v) is 7.86. The van der Waals surface area contributed by atoms with Gasteiger partial charge in [0.05, 0.1) is 12.5 Å². The molecular weight excluding hydrogens is 412 g/mol. The molecule has 2 N–H and O–H groups in total. The molecule has 0 aliphatic heterocycles. The van der Waals surface area contributed by atoms with E-state index in [1.165, 1.54) is 0 Å². The Bertz CT molecular complexity index is 1430. The monoisotopic (exact) mass is 434 g/mol. The number of furan rings is 1. The number of carbonyl (C=O) groups is 2. The molecule has 0 fully saturated rings. The van der Waals surface area contributed by atoms with E-state index in [-0.39, 0.29) is 18.2 Å². The molecule has 2 amide bonds. The number of amides is 2. The van der Waals surface area contributed by atoms with Gasteiger partial charge in [0.2, 0.25) is 5.91 Å². The third-order valence-electron chi connectivity index (χ3n) is 5.60. The lowest BCUT2D eigenvalue weighted by Crippen LogP contribution is -2.31. The standard InChI is InChI=1S/C28H22N2O3/c31-27(29-21-15-16-23-22-13-7-8-14-25(22)33-26(23)17-21)18-24(19-9-3-1-4-10-19)30-28(32)20-11-5-2-6-12-20/h1-17,24H,18H2,(H,29,31)(H,30,32)/t24-/m0/s1. The van der Waals surface area contributed by atoms with Gasteiger partial charge in [-0.1, -0.05) is 66.7 Å². The first kappa shape index (κ1) is 20.5. The maximum atomic E-state index is 12.9. The zero-order valence-electron chi connectivity index (χ0n) is 17.8. The lowest BCUT2D eigenvalue weighted by Gasteiger charge is -2.19. The number of benzene rings is 4. The molecule has 162 valence electrons. The first-order valence-electron chi connectivity index (χ1n) is 10.8. The Morgan fingerprint density at radius 2 is 1.39 bits per heavy atom. The number of nitrogens with one attached hydrogen (secondary N) is 2. The van der Waals surface area contributed by atoms with Crippen molar-refractivity contribution in [1.82, 2.24) is 5.32 Å². The molecule has 5 aromatic rings. The Morgan fingerprint density at radius 3 is 2.18 bits per heavy atom. The van der Waals surface area contributed by atoms with E-state index in [2.05, 4.69) is 10.6 Å². The molecule has 1 atom stereocenters. The molecule has 5 heteroatoms. The molecule has 1 heterocycles. The molecule has 0 spiro atoms. The predicted molar refractivity (Wildman–Crippen MR) is 130 cm³/mol. The van der Waals surface area contributed by atoms with Crippen LogP contribution in [0.25, 0.3) is 21.9 Å². The molecule has 33 heavy (non-hydrogen) atoms. The molecule has 0 saturated carbocycles. The maximum Gasteiger partial charge on any atom is 0.251 e. The minimum absolute atomic E-state index is 0.0980. The summed E-state index contributed by atoms with van der Waals surface area (Å²) in [5.74, 6) is -0.423. The summed E-state index contributed by atoms with van der Waals surface area (Å²) in [5, 5.41) is 7.98. The summed E-state index contributed by atoms with van der Waals surface area (Å²) in [7, 11) is 0. The van der Waals surface area contributed by atoms with Gasteiger partial charge >= 0.3 is 0 Å². The van der Waals surface area contributed by atoms with Crippen LogP contribution in [0.15, 0.2) is 108 Å². The molecule has 0 aliphatic rings. The van der Waals surface area contributed by atoms with Gasteiger partial charge in [0.25, 0.3) is 5.91 Å². The zero-order valence-corrected chi connectivity index (χ0v) is 17.8. The molecule has 0 saturated heterocycles. The average Bonchev–Trinajstić information content (AvgIpc) is 3.22. The first-order valence-corrected chi connectivity index (χ1v) is 10.8. The number of fused-ring (bicyclic) bond motifs is 3. The Labute approximate surface area is 191 Å². The number of hydrogen-bond donors (Lipinski definition) is 2. The summed E-state index contributed by atoms with van der Waals surface area (Å²) in [6.07, 6.45) is 0.0980. The van der Waals surface area contributed by atoms with Gasteiger partial charge in [-0.3, -0.25) is 9.59 Å². The highest BCUT2D eigenvalue weighted by Crippen LogP contribution is 2.30. The third-order valence-corrected chi connectivity index (χ3v) is 5.60. The van der Waals surface area contributed by atoms with Gasteiger partial charge in [-0.25, -0.2) is 0 Å². The Morgan fingerprint density at radius 1 is 0.727 bits per heavy atom. The fraction of sp³-hybridized carbons (Fsp3) is 0.0714. The van der Waals surface area contributed by atoms with Crippen molar-refractivity contribution in [3.8, 4) is 0 Å². The second-order valence-electron chi connectivity index (χ2n) is 7.86. The zero-order chi connectivity index (χ0) is 22.6. The van der Waals surface area contributed by atoms with Crippen molar-refractivity contribution >= 4 is 39.4 Å². The van der Waals surface area contributed by atoms with E-state index in [1.807, 2.05) is 91.0 Å². The summed E-state index contributed by atoms with van der Waals surface area (Å²) < 4.78 is 5.92. The molecule has 1 aromatic heterocycles. The van der Waals surface area contributed by atoms with Gasteiger partial charge in [0.1, 0.15) is 11.2 Å². The van der Waals surface area contributed by atoms with Crippen LogP contribution in [-0.4, -0.2) is 11.8 Å². The van der Waals surface area contributed by atoms with Crippen molar-refractivity contribution in [3.63, 3.8) is 0 Å². The van der Waals surface area contributed by atoms with Crippen LogP contribution in [0.4, 0.5) is 5.69 Å². The van der Waals surface area contributed by atoms with Gasteiger partial charge in [-0.15, -0.1) is 0 Å². The smallest absolute Gasteiger partial charge is 0.251 e. The molecule has 5 nitrogen and oxygen atoms in total. The highest BCUT2D eigenvalue weighted by atomic mass is 16.3. The van der Waals surface area contributed by atoms with E-state index in [4.69, 9.17) is 4.42 Å². The van der Waals surface area contributed by atoms with Gasteiger partial charge in [-0.05, 0) is 35.9 Å². The number of carbonyl (C=O) groups excluding carboxylic acids is 2. The molecule has 0 radical (unpaired) electrons. The fourth-order valence-electron chi connectivity index (χ4n) is 3.97. The normalized spacial score (nSPS) is 11.9. The molecule has 5 rings (SSSR count). The summed E-state index contributed by atoms with van der Waals surface area (Å²) >= 11 is 0. The van der Waals surface area contributed by atoms with E-state index in [0.29, 0.717) is 16.8 Å². The molecule has 0 aliphatic carbocycles. The lowest BCUT2D eigenvalue weighted by atomic mass is 10.0. The Hall–Kier alpha value is -4.38. The van der Waals surface area contributed by atoms with Gasteiger partial charge < -0.3 is 15.1 Å². The molecular formula is C28H22N2O3. The van der Waals surface area contributed by atoms with Crippen LogP contribution in [0, 0.1) is 0 Å². The van der Waals surface area contributed by atoms with Crippen LogP contribution < -0.4 is 10.6 Å². The lowest BCUT2D eigenvalue weighted by molar-refractivity contribution is -0.116. The number of para-hydroxylation sites is 1. The SMILES string of the molecule is O=C(C[C@H](NC(=O)c1ccccc1)c1ccccc1)Nc1ccc2c(c1)oc1ccccc12. The van der Waals surface area contributed by atoms with Crippen molar-refractivity contribution in [3.05, 3.63) is 114 Å². The van der Waals surface area contributed by atoms with Crippen LogP contribution >= 0.6 is 0 Å². The first-order chi connectivity index (χ1) is 16.2. The summed E-state index contributed by atoms with van der Waals surface area (Å²) in [5.41, 5.74) is 3.58. The van der Waals surface area contributed by atoms with Crippen LogP contribution in [0.5, 0.6) is 0 Å². The minimum Gasteiger partial charge on any atom is -0.456 e. The average molecular weight is 434 g/mol. The largest absolute Gasteiger partial charge is 0.456 e. The highest BCUT2D eigenvalue weighted by molar-refractivity contribution is 6.06. The van der Waals surface area contributed by atoms with Crippen molar-refractivity contribution < 1.29 is 14.0 Å². The minimum atomic E-state index is -0.464. The maximum absolute atomic E-state index is 12.9. The summed E-state index contributed by atoms with van der Waals surface area (Å²) in [4.78, 5) is 25.7. The quantitative estimate of drug-likeness (QED) is 0.340. The van der Waals surface area contributed by atoms with Crippen LogP contribution in [0.2, 0.25) is 0 Å². The Kier molecular flexibility index (Phi) is 5.60. The number of hydrogen-bond acceptors (Lipinski definition) is 3. The van der Waals surface area contributed by atoms with Crippen molar-refractivity contribution in [2.24, 2.45) is 0 Å². The van der Waals surface area contributed by atoms with E-state index in [9.17, 15) is 9.59 Å². The van der Waals surface area contributed by atoms with Crippen LogP contribution in [-0.2, 0) is 4.79 Å². The van der Waals surface area contributed by atoms with Gasteiger partial charge in [0, 0.05) is 28.1 Å². The summed E-state index contributed by atoms with van der Waals surface area (Å²) in [6.45, 7) is 0. The van der Waals surface area contributed by atoms with Crippen molar-refractivity contribution in [2.45, 2.75) is 12.5 Å². The van der Waals surface area contributed by atoms with E-state index in [1.54, 1.807) is 12.1 Å². The Balaban J connectivity index is 1.34. The number of anilines is 1. The van der Waals surface area contributed by atoms with E-state index < -0.39 is 6.04 Å². The third kappa shape index (κ3) is 4.48. The summed E-state index contributed by atoms with van der Waals surface area (Å²) in [6, 6.07) is 31.5. The van der Waals surface area contributed by atoms with Gasteiger partial charge in [0.15, 0.2) is 0 Å². The van der Waals surface area contributed by atoms with Crippen LogP contribution in [0.3, 0.4) is 0 Å². The molecule has 0 bridgehead atoms. The van der Waals surface area contributed by atoms with Gasteiger partial charge in [-0.2, -0.15) is 0 Å². The van der Waals surface area contributed by atoms with Crippen molar-refractivity contribution in [1.29, 1.82) is 0 Å². The molecule has 4 aromatic carbocycles. The van der Waals surface area contributed by atoms with E-state index in [0.717, 1.165) is 21.9 Å². The number of rotatable bonds is 6. The van der Waals surface area contributed by atoms with Crippen LogP contribution in [0.1, 0.15) is 28.4 Å².